The quantitative estimate of drug-likeness (QED) is 0.847. The maximum absolute atomic E-state index is 9.16. The minimum atomic E-state index is -0.0782. The molecule has 0 aliphatic heterocycles. The van der Waals surface area contributed by atoms with E-state index < -0.39 is 0 Å². The summed E-state index contributed by atoms with van der Waals surface area (Å²) in [6.07, 6.45) is 3.32. The molecule has 15 heavy (non-hydrogen) atoms. The van der Waals surface area contributed by atoms with Crippen molar-refractivity contribution in [3.05, 3.63) is 15.9 Å². The maximum atomic E-state index is 9.16. The standard InChI is InChI=1S/C11H13BrN2S/c1-14(10-5-9(12)6-15-10)8-11(7-13)3-2-4-11/h5-6H,2-4,8H2,1H3. The molecule has 0 N–H and O–H groups in total. The smallest absolute Gasteiger partial charge is 0.0918 e. The monoisotopic (exact) mass is 284 g/mol. The SMILES string of the molecule is CN(CC1(C#N)CCC1)c1cc(Br)cs1. The lowest BCUT2D eigenvalue weighted by atomic mass is 9.70. The van der Waals surface area contributed by atoms with Gasteiger partial charge in [-0.25, -0.2) is 0 Å². The van der Waals surface area contributed by atoms with Gasteiger partial charge in [0.25, 0.3) is 0 Å². The Morgan fingerprint density at radius 2 is 2.40 bits per heavy atom. The zero-order valence-electron chi connectivity index (χ0n) is 8.66. The lowest BCUT2D eigenvalue weighted by Crippen LogP contribution is -2.39. The van der Waals surface area contributed by atoms with Crippen LogP contribution in [0.5, 0.6) is 0 Å². The van der Waals surface area contributed by atoms with Crippen molar-refractivity contribution in [1.82, 2.24) is 0 Å². The molecule has 2 rings (SSSR count). The van der Waals surface area contributed by atoms with Gasteiger partial charge in [0.2, 0.25) is 0 Å². The fraction of sp³-hybridized carbons (Fsp3) is 0.545. The molecule has 0 bridgehead atoms. The van der Waals surface area contributed by atoms with Crippen molar-refractivity contribution < 1.29 is 0 Å². The summed E-state index contributed by atoms with van der Waals surface area (Å²) >= 11 is 5.16. The number of hydrogen-bond acceptors (Lipinski definition) is 3. The van der Waals surface area contributed by atoms with E-state index in [4.69, 9.17) is 5.26 Å². The first-order valence-electron chi connectivity index (χ1n) is 5.02. The molecule has 1 heterocycles. The Morgan fingerprint density at radius 1 is 1.67 bits per heavy atom. The molecule has 0 radical (unpaired) electrons. The van der Waals surface area contributed by atoms with Gasteiger partial charge in [0.05, 0.1) is 16.5 Å². The molecule has 1 aromatic rings. The van der Waals surface area contributed by atoms with Gasteiger partial charge in [0.1, 0.15) is 0 Å². The Kier molecular flexibility index (Phi) is 3.03. The van der Waals surface area contributed by atoms with Gasteiger partial charge in [0.15, 0.2) is 0 Å². The number of nitriles is 1. The van der Waals surface area contributed by atoms with Gasteiger partial charge in [-0.1, -0.05) is 6.42 Å². The summed E-state index contributed by atoms with van der Waals surface area (Å²) in [5, 5.41) is 12.5. The number of hydrogen-bond donors (Lipinski definition) is 0. The van der Waals surface area contributed by atoms with Crippen LogP contribution in [0.3, 0.4) is 0 Å². The van der Waals surface area contributed by atoms with Gasteiger partial charge in [-0.15, -0.1) is 11.3 Å². The van der Waals surface area contributed by atoms with E-state index in [1.807, 2.05) is 0 Å². The molecule has 2 nitrogen and oxygen atoms in total. The first-order chi connectivity index (χ1) is 7.15. The van der Waals surface area contributed by atoms with Gasteiger partial charge in [0, 0.05) is 23.4 Å². The number of thiophene rings is 1. The van der Waals surface area contributed by atoms with Gasteiger partial charge >= 0.3 is 0 Å². The minimum absolute atomic E-state index is 0.0782. The van der Waals surface area contributed by atoms with Crippen LogP contribution in [-0.4, -0.2) is 13.6 Å². The van der Waals surface area contributed by atoms with Crippen LogP contribution in [0.2, 0.25) is 0 Å². The summed E-state index contributed by atoms with van der Waals surface area (Å²) < 4.78 is 1.12. The van der Waals surface area contributed by atoms with Crippen molar-refractivity contribution in [2.75, 3.05) is 18.5 Å². The van der Waals surface area contributed by atoms with Crippen LogP contribution >= 0.6 is 27.3 Å². The Labute approximate surface area is 103 Å². The third-order valence-corrected chi connectivity index (χ3v) is 4.82. The van der Waals surface area contributed by atoms with E-state index in [2.05, 4.69) is 45.4 Å². The number of rotatable bonds is 3. The van der Waals surface area contributed by atoms with Gasteiger partial charge in [-0.2, -0.15) is 5.26 Å². The van der Waals surface area contributed by atoms with Crippen LogP contribution in [-0.2, 0) is 0 Å². The molecule has 1 aromatic heterocycles. The average molecular weight is 285 g/mol. The van der Waals surface area contributed by atoms with Crippen molar-refractivity contribution in [1.29, 1.82) is 5.26 Å². The number of nitrogens with zero attached hydrogens (tertiary/aromatic N) is 2. The Bertz CT molecular complexity index is 390. The van der Waals surface area contributed by atoms with Crippen LogP contribution in [0.15, 0.2) is 15.9 Å². The largest absolute Gasteiger partial charge is 0.365 e. The first-order valence-corrected chi connectivity index (χ1v) is 6.69. The van der Waals surface area contributed by atoms with E-state index in [0.29, 0.717) is 0 Å². The fourth-order valence-electron chi connectivity index (χ4n) is 1.94. The van der Waals surface area contributed by atoms with Crippen LogP contribution in [0.4, 0.5) is 5.00 Å². The molecular formula is C11H13BrN2S. The molecule has 1 aliphatic carbocycles. The predicted molar refractivity (Wildman–Crippen MR) is 67.2 cm³/mol. The molecule has 0 saturated heterocycles. The third kappa shape index (κ3) is 2.19. The van der Waals surface area contributed by atoms with Crippen LogP contribution in [0.25, 0.3) is 0 Å². The lowest BCUT2D eigenvalue weighted by Gasteiger charge is -2.38. The normalized spacial score (nSPS) is 17.9. The molecule has 1 fully saturated rings. The molecule has 0 aromatic carbocycles. The molecule has 0 spiro atoms. The highest BCUT2D eigenvalue weighted by molar-refractivity contribution is 9.10. The summed E-state index contributed by atoms with van der Waals surface area (Å²) in [6, 6.07) is 4.58. The summed E-state index contributed by atoms with van der Waals surface area (Å²) in [4.78, 5) is 2.19. The topological polar surface area (TPSA) is 27.0 Å². The maximum Gasteiger partial charge on any atom is 0.0918 e. The zero-order chi connectivity index (χ0) is 10.9. The Balaban J connectivity index is 2.04. The lowest BCUT2D eigenvalue weighted by molar-refractivity contribution is 0.223. The number of anilines is 1. The van der Waals surface area contributed by atoms with E-state index in [1.165, 1.54) is 11.4 Å². The zero-order valence-corrected chi connectivity index (χ0v) is 11.1. The summed E-state index contributed by atoms with van der Waals surface area (Å²) in [7, 11) is 2.07. The van der Waals surface area contributed by atoms with E-state index in [0.717, 1.165) is 23.9 Å². The highest BCUT2D eigenvalue weighted by Gasteiger charge is 2.38. The second-order valence-corrected chi connectivity index (χ2v) is 6.01. The summed E-state index contributed by atoms with van der Waals surface area (Å²) in [6.45, 7) is 0.858. The molecule has 0 atom stereocenters. The fourth-order valence-corrected chi connectivity index (χ4v) is 3.33. The Morgan fingerprint density at radius 3 is 2.80 bits per heavy atom. The van der Waals surface area contributed by atoms with E-state index in [1.54, 1.807) is 11.3 Å². The summed E-state index contributed by atoms with van der Waals surface area (Å²) in [5.41, 5.74) is -0.0782. The highest BCUT2D eigenvalue weighted by atomic mass is 79.9. The molecule has 1 aliphatic rings. The van der Waals surface area contributed by atoms with Crippen molar-refractivity contribution in [2.45, 2.75) is 19.3 Å². The van der Waals surface area contributed by atoms with E-state index in [9.17, 15) is 0 Å². The molecule has 0 unspecified atom stereocenters. The molecule has 1 saturated carbocycles. The first kappa shape index (κ1) is 11.0. The predicted octanol–water partition coefficient (Wildman–Crippen LogP) is 3.64. The minimum Gasteiger partial charge on any atom is -0.365 e. The van der Waals surface area contributed by atoms with Crippen molar-refractivity contribution in [3.8, 4) is 6.07 Å². The molecule has 80 valence electrons. The van der Waals surface area contributed by atoms with E-state index in [-0.39, 0.29) is 5.41 Å². The third-order valence-electron chi connectivity index (χ3n) is 3.02. The van der Waals surface area contributed by atoms with Gasteiger partial charge in [-0.05, 0) is 34.8 Å². The number of halogens is 1. The van der Waals surface area contributed by atoms with Gasteiger partial charge < -0.3 is 4.90 Å². The second kappa shape index (κ2) is 4.15. The van der Waals surface area contributed by atoms with E-state index >= 15 is 0 Å². The van der Waals surface area contributed by atoms with Gasteiger partial charge in [-0.3, -0.25) is 0 Å². The van der Waals surface area contributed by atoms with Crippen molar-refractivity contribution in [3.63, 3.8) is 0 Å². The average Bonchev–Trinajstić information content (AvgIpc) is 2.58. The second-order valence-electron chi connectivity index (χ2n) is 4.20. The van der Waals surface area contributed by atoms with Crippen molar-refractivity contribution >= 4 is 32.3 Å². The van der Waals surface area contributed by atoms with Crippen LogP contribution < -0.4 is 4.90 Å². The molecule has 4 heteroatoms. The Hall–Kier alpha value is -0.530. The highest BCUT2D eigenvalue weighted by Crippen LogP contribution is 2.42. The van der Waals surface area contributed by atoms with Crippen LogP contribution in [0, 0.1) is 16.7 Å². The van der Waals surface area contributed by atoms with Crippen LogP contribution in [0.1, 0.15) is 19.3 Å². The molecular weight excluding hydrogens is 272 g/mol. The van der Waals surface area contributed by atoms with Crippen molar-refractivity contribution in [2.24, 2.45) is 5.41 Å². The summed E-state index contributed by atoms with van der Waals surface area (Å²) in [5.74, 6) is 0. The molecule has 0 amide bonds.